The highest BCUT2D eigenvalue weighted by Crippen LogP contribution is 2.56. The minimum atomic E-state index is -2.78. The molecular formula is C32H30Cl4Si2. The Labute approximate surface area is 245 Å². The van der Waals surface area contributed by atoms with E-state index in [4.69, 9.17) is 44.3 Å². The van der Waals surface area contributed by atoms with E-state index < -0.39 is 13.4 Å². The highest BCUT2D eigenvalue weighted by Gasteiger charge is 2.51. The Morgan fingerprint density at radius 2 is 0.921 bits per heavy atom. The van der Waals surface area contributed by atoms with Gasteiger partial charge in [0.05, 0.1) is 0 Å². The van der Waals surface area contributed by atoms with Crippen LogP contribution in [-0.2, 0) is 0 Å². The molecule has 0 amide bonds. The minimum Gasteiger partial charge on any atom is -0.145 e. The van der Waals surface area contributed by atoms with Gasteiger partial charge in [-0.2, -0.15) is 0 Å². The molecule has 6 rings (SSSR count). The Bertz CT molecular complexity index is 1680. The Morgan fingerprint density at radius 3 is 1.45 bits per heavy atom. The molecule has 0 N–H and O–H groups in total. The van der Waals surface area contributed by atoms with E-state index in [1.165, 1.54) is 54.6 Å². The molecular weight excluding hydrogens is 582 g/mol. The fraction of sp³-hybridized carbons (Fsp3) is 0.250. The molecule has 1 aliphatic carbocycles. The van der Waals surface area contributed by atoms with Gasteiger partial charge in [0.1, 0.15) is 0 Å². The van der Waals surface area contributed by atoms with Crippen molar-refractivity contribution in [2.75, 3.05) is 0 Å². The molecule has 5 aromatic rings. The molecule has 0 fully saturated rings. The summed E-state index contributed by atoms with van der Waals surface area (Å²) in [6.07, 6.45) is 1.91. The maximum absolute atomic E-state index is 7.46. The summed E-state index contributed by atoms with van der Waals surface area (Å²) in [7, 11) is 0. The maximum Gasteiger partial charge on any atom is 0.262 e. The Hall–Kier alpha value is -1.53. The van der Waals surface area contributed by atoms with E-state index in [0.717, 1.165) is 24.9 Å². The van der Waals surface area contributed by atoms with Gasteiger partial charge in [0, 0.05) is 11.1 Å². The number of hydrogen-bond donors (Lipinski definition) is 0. The summed E-state index contributed by atoms with van der Waals surface area (Å²) in [4.78, 5) is 0. The van der Waals surface area contributed by atoms with Crippen LogP contribution in [0.2, 0.25) is 12.1 Å². The van der Waals surface area contributed by atoms with E-state index in [1.54, 1.807) is 0 Å². The predicted octanol–water partition coefficient (Wildman–Crippen LogP) is 11.5. The third kappa shape index (κ3) is 4.42. The van der Waals surface area contributed by atoms with Crippen molar-refractivity contribution in [2.24, 2.45) is 0 Å². The third-order valence-corrected chi connectivity index (χ3v) is 18.3. The van der Waals surface area contributed by atoms with Crippen LogP contribution in [0, 0.1) is 0 Å². The Balaban J connectivity index is 1.75. The van der Waals surface area contributed by atoms with Crippen LogP contribution >= 0.6 is 44.3 Å². The second-order valence-electron chi connectivity index (χ2n) is 10.7. The smallest absolute Gasteiger partial charge is 0.145 e. The van der Waals surface area contributed by atoms with Crippen molar-refractivity contribution >= 4 is 90.0 Å². The summed E-state index contributed by atoms with van der Waals surface area (Å²) in [5.41, 5.74) is 4.79. The van der Waals surface area contributed by atoms with Crippen molar-refractivity contribution in [3.05, 3.63) is 107 Å². The van der Waals surface area contributed by atoms with Gasteiger partial charge in [-0.25, -0.2) is 0 Å². The van der Waals surface area contributed by atoms with E-state index >= 15 is 0 Å². The fourth-order valence-corrected chi connectivity index (χ4v) is 16.4. The molecule has 38 heavy (non-hydrogen) atoms. The SMILES string of the molecule is CCC[Si](Cl)(Cl)C1c2cc3ccccc3cc2C([Si](Cl)(Cl)CCC)c2cc3c(ccc4ccccc43)cc21. The molecule has 0 heterocycles. The minimum absolute atomic E-state index is 0.0488. The Morgan fingerprint density at radius 1 is 0.500 bits per heavy atom. The van der Waals surface area contributed by atoms with E-state index in [9.17, 15) is 0 Å². The molecule has 0 aromatic heterocycles. The molecule has 0 nitrogen and oxygen atoms in total. The molecule has 0 saturated carbocycles. The van der Waals surface area contributed by atoms with Gasteiger partial charge >= 0.3 is 0 Å². The van der Waals surface area contributed by atoms with E-state index in [0.29, 0.717) is 0 Å². The van der Waals surface area contributed by atoms with Gasteiger partial charge in [-0.1, -0.05) is 106 Å². The summed E-state index contributed by atoms with van der Waals surface area (Å²) in [5, 5.41) is 7.31. The number of benzene rings is 5. The van der Waals surface area contributed by atoms with Crippen LogP contribution in [0.3, 0.4) is 0 Å². The molecule has 194 valence electrons. The lowest BCUT2D eigenvalue weighted by molar-refractivity contribution is 0.908. The van der Waals surface area contributed by atoms with E-state index in [1.807, 2.05) is 0 Å². The first-order valence-electron chi connectivity index (χ1n) is 13.5. The van der Waals surface area contributed by atoms with Crippen molar-refractivity contribution in [3.63, 3.8) is 0 Å². The molecule has 6 heteroatoms. The van der Waals surface area contributed by atoms with Crippen LogP contribution in [-0.4, -0.2) is 13.4 Å². The average molecular weight is 613 g/mol. The van der Waals surface area contributed by atoms with Gasteiger partial charge in [-0.05, 0) is 72.7 Å². The highest BCUT2D eigenvalue weighted by molar-refractivity contribution is 7.46. The first-order chi connectivity index (χ1) is 18.2. The zero-order valence-electron chi connectivity index (χ0n) is 21.6. The quantitative estimate of drug-likeness (QED) is 0.102. The number of halogens is 4. The highest BCUT2D eigenvalue weighted by atomic mass is 35.7. The van der Waals surface area contributed by atoms with Gasteiger partial charge in [0.25, 0.3) is 13.4 Å². The summed E-state index contributed by atoms with van der Waals surface area (Å²) in [6, 6.07) is 32.6. The van der Waals surface area contributed by atoms with Crippen LogP contribution in [0.25, 0.3) is 32.3 Å². The molecule has 2 unspecified atom stereocenters. The number of fused-ring (bicyclic) bond motifs is 6. The van der Waals surface area contributed by atoms with Crippen LogP contribution in [0.5, 0.6) is 0 Å². The van der Waals surface area contributed by atoms with Crippen molar-refractivity contribution in [3.8, 4) is 0 Å². The molecule has 2 atom stereocenters. The lowest BCUT2D eigenvalue weighted by atomic mass is 9.81. The molecule has 0 radical (unpaired) electrons. The molecule has 0 aliphatic heterocycles. The van der Waals surface area contributed by atoms with E-state index in [-0.39, 0.29) is 11.1 Å². The predicted molar refractivity (Wildman–Crippen MR) is 174 cm³/mol. The second kappa shape index (κ2) is 10.1. The first-order valence-corrected chi connectivity index (χ1v) is 22.1. The van der Waals surface area contributed by atoms with Gasteiger partial charge in [0.2, 0.25) is 0 Å². The second-order valence-corrected chi connectivity index (χ2v) is 25.2. The van der Waals surface area contributed by atoms with Crippen molar-refractivity contribution in [1.29, 1.82) is 0 Å². The third-order valence-electron chi connectivity index (χ3n) is 8.16. The monoisotopic (exact) mass is 610 g/mol. The first kappa shape index (κ1) is 26.7. The standard InChI is InChI=1S/C32H30Cl4Si2/c1-3-15-37(33,34)31-27-17-22-10-5-6-11-23(22)18-28(27)32(38(35,36)16-4-2)30-20-26-24(19-29(30)31)14-13-21-9-7-8-12-25(21)26/h5-14,17-20,31-32H,3-4,15-16H2,1-2H3. The Kier molecular flexibility index (Phi) is 7.12. The van der Waals surface area contributed by atoms with Gasteiger partial charge < -0.3 is 0 Å². The summed E-state index contributed by atoms with van der Waals surface area (Å²) < 4.78 is 0. The molecule has 0 bridgehead atoms. The van der Waals surface area contributed by atoms with Gasteiger partial charge in [-0.15, -0.1) is 44.3 Å². The molecule has 1 aliphatic rings. The zero-order chi connectivity index (χ0) is 26.7. The van der Waals surface area contributed by atoms with Crippen molar-refractivity contribution < 1.29 is 0 Å². The van der Waals surface area contributed by atoms with E-state index in [2.05, 4.69) is 98.8 Å². The summed E-state index contributed by atoms with van der Waals surface area (Å²) >= 11 is 29.8. The molecule has 0 saturated heterocycles. The van der Waals surface area contributed by atoms with Gasteiger partial charge in [-0.3, -0.25) is 0 Å². The van der Waals surface area contributed by atoms with Crippen molar-refractivity contribution in [1.82, 2.24) is 0 Å². The topological polar surface area (TPSA) is 0 Å². The largest absolute Gasteiger partial charge is 0.262 e. The lowest BCUT2D eigenvalue weighted by Gasteiger charge is -2.42. The van der Waals surface area contributed by atoms with Crippen LogP contribution < -0.4 is 0 Å². The fourth-order valence-electron chi connectivity index (χ4n) is 6.57. The maximum atomic E-state index is 7.46. The molecule has 0 spiro atoms. The normalized spacial score (nSPS) is 17.6. The van der Waals surface area contributed by atoms with Gasteiger partial charge in [0.15, 0.2) is 0 Å². The number of hydrogen-bond acceptors (Lipinski definition) is 0. The van der Waals surface area contributed by atoms with Crippen LogP contribution in [0.15, 0.2) is 84.9 Å². The van der Waals surface area contributed by atoms with Crippen molar-refractivity contribution in [2.45, 2.75) is 49.9 Å². The molecule has 5 aromatic carbocycles. The summed E-state index contributed by atoms with van der Waals surface area (Å²) in [5.74, 6) is 0. The van der Waals surface area contributed by atoms with Crippen LogP contribution in [0.4, 0.5) is 0 Å². The number of rotatable bonds is 6. The zero-order valence-corrected chi connectivity index (χ0v) is 26.6. The lowest BCUT2D eigenvalue weighted by Crippen LogP contribution is -2.40. The van der Waals surface area contributed by atoms with Crippen LogP contribution in [0.1, 0.15) is 60.0 Å². The average Bonchev–Trinajstić information content (AvgIpc) is 2.89. The summed E-state index contributed by atoms with van der Waals surface area (Å²) in [6.45, 7) is -1.21.